The lowest BCUT2D eigenvalue weighted by Gasteiger charge is -2.54. The van der Waals surface area contributed by atoms with Crippen LogP contribution in [0.4, 0.5) is 0 Å². The molecule has 6 rings (SSSR count). The van der Waals surface area contributed by atoms with Gasteiger partial charge >= 0.3 is 0 Å². The van der Waals surface area contributed by atoms with Gasteiger partial charge in [0.2, 0.25) is 11.7 Å². The normalized spacial score (nSPS) is 29.5. The van der Waals surface area contributed by atoms with Crippen LogP contribution in [0.2, 0.25) is 0 Å². The first-order valence-corrected chi connectivity index (χ1v) is 15.2. The fraction of sp³-hybridized carbons (Fsp3) is 0.821. The van der Waals surface area contributed by atoms with Gasteiger partial charge in [0.05, 0.1) is 5.41 Å². The van der Waals surface area contributed by atoms with E-state index in [1.807, 2.05) is 13.8 Å². The molecular formula is C28H44N4O4S. The summed E-state index contributed by atoms with van der Waals surface area (Å²) in [5, 5.41) is 14.2. The molecule has 2 heterocycles. The molecule has 9 heteroatoms. The Hall–Kier alpha value is -1.74. The number of nitrogens with zero attached hydrogens (tertiary/aromatic N) is 1. The number of carbonyl (C=O) groups is 2. The molecule has 1 aliphatic heterocycles. The van der Waals surface area contributed by atoms with Crippen LogP contribution in [-0.4, -0.2) is 54.5 Å². The van der Waals surface area contributed by atoms with Crippen molar-refractivity contribution in [3.05, 3.63) is 5.76 Å². The number of aromatic nitrogens is 1. The van der Waals surface area contributed by atoms with Crippen LogP contribution >= 0.6 is 11.8 Å². The average molecular weight is 533 g/mol. The van der Waals surface area contributed by atoms with Gasteiger partial charge in [-0.1, -0.05) is 13.8 Å². The van der Waals surface area contributed by atoms with Crippen molar-refractivity contribution in [2.45, 2.75) is 88.8 Å². The molecule has 4 saturated carbocycles. The quantitative estimate of drug-likeness (QED) is 0.387. The zero-order chi connectivity index (χ0) is 26.2. The van der Waals surface area contributed by atoms with Crippen molar-refractivity contribution in [1.82, 2.24) is 21.1 Å². The van der Waals surface area contributed by atoms with Crippen LogP contribution < -0.4 is 20.7 Å². The molecule has 1 aromatic heterocycles. The summed E-state index contributed by atoms with van der Waals surface area (Å²) in [5.74, 6) is 3.70. The van der Waals surface area contributed by atoms with Crippen LogP contribution in [0.25, 0.3) is 0 Å². The van der Waals surface area contributed by atoms with Crippen LogP contribution in [0.3, 0.4) is 0 Å². The maximum atomic E-state index is 13.4. The molecule has 5 fully saturated rings. The summed E-state index contributed by atoms with van der Waals surface area (Å²) >= 11 is 1.52. The van der Waals surface area contributed by atoms with Crippen LogP contribution in [0.5, 0.6) is 5.88 Å². The topological polar surface area (TPSA) is 105 Å². The van der Waals surface area contributed by atoms with E-state index in [0.717, 1.165) is 37.8 Å². The minimum atomic E-state index is -0.742. The molecule has 2 amide bonds. The summed E-state index contributed by atoms with van der Waals surface area (Å²) in [4.78, 5) is 27.0. The molecule has 5 aliphatic rings. The third-order valence-corrected chi connectivity index (χ3v) is 9.97. The van der Waals surface area contributed by atoms with Gasteiger partial charge in [0.25, 0.3) is 11.8 Å². The van der Waals surface area contributed by atoms with Crippen LogP contribution in [-0.2, 0) is 4.79 Å². The SMILES string of the molecule is CC(C)Sc1c(OCC(C)(C)C(=O)NCC2CCNCC2)noc1C(=O)NC1C2CC3CC(C2)CC1C3. The summed E-state index contributed by atoms with van der Waals surface area (Å²) in [6.07, 6.45) is 8.52. The average Bonchev–Trinajstić information content (AvgIpc) is 3.25. The predicted molar refractivity (Wildman–Crippen MR) is 144 cm³/mol. The molecule has 0 radical (unpaired) electrons. The van der Waals surface area contributed by atoms with Gasteiger partial charge in [-0.15, -0.1) is 11.8 Å². The van der Waals surface area contributed by atoms with Gasteiger partial charge in [0.1, 0.15) is 11.5 Å². The van der Waals surface area contributed by atoms with Crippen molar-refractivity contribution >= 4 is 23.6 Å². The monoisotopic (exact) mass is 532 g/mol. The summed E-state index contributed by atoms with van der Waals surface area (Å²) in [6.45, 7) is 10.7. The van der Waals surface area contributed by atoms with E-state index in [0.29, 0.717) is 35.1 Å². The second-order valence-electron chi connectivity index (χ2n) is 12.8. The van der Waals surface area contributed by atoms with E-state index in [4.69, 9.17) is 9.26 Å². The fourth-order valence-electron chi connectivity index (χ4n) is 7.10. The first kappa shape index (κ1) is 26.9. The number of hydrogen-bond acceptors (Lipinski definition) is 7. The molecule has 0 spiro atoms. The molecule has 1 saturated heterocycles. The zero-order valence-corrected chi connectivity index (χ0v) is 23.6. The molecule has 206 valence electrons. The van der Waals surface area contributed by atoms with Crippen LogP contribution in [0, 0.1) is 35.0 Å². The molecule has 3 N–H and O–H groups in total. The molecule has 1 aromatic rings. The van der Waals surface area contributed by atoms with Gasteiger partial charge < -0.3 is 25.2 Å². The smallest absolute Gasteiger partial charge is 0.291 e. The third kappa shape index (κ3) is 6.13. The lowest BCUT2D eigenvalue weighted by Crippen LogP contribution is -2.55. The van der Waals surface area contributed by atoms with E-state index in [-0.39, 0.29) is 35.5 Å². The number of hydrogen-bond donors (Lipinski definition) is 3. The van der Waals surface area contributed by atoms with Gasteiger partial charge in [-0.25, -0.2) is 0 Å². The van der Waals surface area contributed by atoms with Crippen molar-refractivity contribution in [2.75, 3.05) is 26.2 Å². The highest BCUT2D eigenvalue weighted by atomic mass is 32.2. The van der Waals surface area contributed by atoms with E-state index < -0.39 is 5.41 Å². The van der Waals surface area contributed by atoms with E-state index in [2.05, 4.69) is 35.0 Å². The minimum absolute atomic E-state index is 0.0348. The zero-order valence-electron chi connectivity index (χ0n) is 22.8. The first-order valence-electron chi connectivity index (χ1n) is 14.3. The molecule has 37 heavy (non-hydrogen) atoms. The molecule has 4 bridgehead atoms. The molecule has 0 aromatic carbocycles. The van der Waals surface area contributed by atoms with Gasteiger partial charge in [-0.05, 0) is 107 Å². The number of nitrogens with one attached hydrogen (secondary N) is 3. The highest BCUT2D eigenvalue weighted by Gasteiger charge is 2.49. The minimum Gasteiger partial charge on any atom is -0.474 e. The summed E-state index contributed by atoms with van der Waals surface area (Å²) in [6, 6.07) is 0.231. The highest BCUT2D eigenvalue weighted by molar-refractivity contribution is 8.00. The maximum absolute atomic E-state index is 13.4. The Morgan fingerprint density at radius 2 is 1.76 bits per heavy atom. The van der Waals surface area contributed by atoms with Crippen LogP contribution in [0.15, 0.2) is 9.42 Å². The summed E-state index contributed by atoms with van der Waals surface area (Å²) < 4.78 is 11.6. The number of thioether (sulfide) groups is 1. The number of rotatable bonds is 10. The Balaban J connectivity index is 1.21. The van der Waals surface area contributed by atoms with Gasteiger partial charge in [0.15, 0.2) is 0 Å². The van der Waals surface area contributed by atoms with Gasteiger partial charge in [-0.3, -0.25) is 9.59 Å². The molecular weight excluding hydrogens is 488 g/mol. The highest BCUT2D eigenvalue weighted by Crippen LogP contribution is 2.53. The van der Waals surface area contributed by atoms with Gasteiger partial charge in [-0.2, -0.15) is 0 Å². The van der Waals surface area contributed by atoms with Crippen molar-refractivity contribution in [1.29, 1.82) is 0 Å². The standard InChI is InChI=1S/C28H44N4O4S/c1-16(2)37-24-23(25(33)31-22-20-10-18-9-19(12-20)13-21(22)11-18)36-32-26(24)35-15-28(3,4)27(34)30-14-17-5-7-29-8-6-17/h16-22,29H,5-15H2,1-4H3,(H,30,34)(H,31,33). The van der Waals surface area contributed by atoms with Crippen molar-refractivity contribution in [3.8, 4) is 5.88 Å². The second-order valence-corrected chi connectivity index (χ2v) is 14.4. The van der Waals surface area contributed by atoms with Crippen LogP contribution in [0.1, 0.15) is 83.2 Å². The fourth-order valence-corrected chi connectivity index (χ4v) is 8.00. The summed E-state index contributed by atoms with van der Waals surface area (Å²) in [7, 11) is 0. The maximum Gasteiger partial charge on any atom is 0.291 e. The Bertz CT molecular complexity index is 943. The Morgan fingerprint density at radius 1 is 1.11 bits per heavy atom. The van der Waals surface area contributed by atoms with Gasteiger partial charge in [0, 0.05) is 17.8 Å². The molecule has 8 nitrogen and oxygen atoms in total. The molecule has 0 unspecified atom stereocenters. The van der Waals surface area contributed by atoms with E-state index in [9.17, 15) is 9.59 Å². The Labute approximate surface area is 225 Å². The van der Waals surface area contributed by atoms with Crippen molar-refractivity contribution in [3.63, 3.8) is 0 Å². The van der Waals surface area contributed by atoms with Crippen molar-refractivity contribution in [2.24, 2.45) is 35.0 Å². The van der Waals surface area contributed by atoms with E-state index in [1.54, 1.807) is 0 Å². The predicted octanol–water partition coefficient (Wildman–Crippen LogP) is 4.25. The summed E-state index contributed by atoms with van der Waals surface area (Å²) in [5.41, 5.74) is -0.742. The second kappa shape index (κ2) is 11.2. The Kier molecular flexibility index (Phi) is 8.10. The first-order chi connectivity index (χ1) is 17.7. The number of piperidine rings is 1. The van der Waals surface area contributed by atoms with E-state index >= 15 is 0 Å². The van der Waals surface area contributed by atoms with Crippen molar-refractivity contribution < 1.29 is 18.8 Å². The third-order valence-electron chi connectivity index (χ3n) is 8.90. The number of amides is 2. The number of carbonyl (C=O) groups excluding carboxylic acids is 2. The Morgan fingerprint density at radius 3 is 2.38 bits per heavy atom. The lowest BCUT2D eigenvalue weighted by molar-refractivity contribution is -0.131. The molecule has 4 aliphatic carbocycles. The largest absolute Gasteiger partial charge is 0.474 e. The lowest BCUT2D eigenvalue weighted by atomic mass is 9.54. The molecule has 0 atom stereocenters. The van der Waals surface area contributed by atoms with E-state index in [1.165, 1.54) is 43.9 Å². The number of ether oxygens (including phenoxy) is 1.